The highest BCUT2D eigenvalue weighted by Gasteiger charge is 2.35. The number of halogens is 1. The maximum absolute atomic E-state index is 12.0. The van der Waals surface area contributed by atoms with Crippen molar-refractivity contribution in [1.29, 1.82) is 0 Å². The summed E-state index contributed by atoms with van der Waals surface area (Å²) in [4.78, 5) is 34.7. The number of hydrogen-bond acceptors (Lipinski definition) is 5. The lowest BCUT2D eigenvalue weighted by molar-refractivity contribution is -0.136. The number of ether oxygens (including phenoxy) is 1. The Morgan fingerprint density at radius 2 is 1.94 bits per heavy atom. The molecule has 2 rings (SSSR count). The molecule has 0 spiro atoms. The van der Waals surface area contributed by atoms with Crippen LogP contribution in [-0.2, 0) is 9.53 Å². The number of fused-ring (bicyclic) bond motifs is 1. The number of carbonyl (C=O) groups is 3. The standard InChI is InChI=1S/C12H7ClO5/c1-5(14)18-12-9(13)10(16)6-3-2-4-7(15)8(6)11(12)17/h2-4,15H,1H3. The minimum atomic E-state index is -0.789. The second kappa shape index (κ2) is 4.27. The molecule has 1 aliphatic carbocycles. The van der Waals surface area contributed by atoms with Crippen LogP contribution in [0.4, 0.5) is 0 Å². The SMILES string of the molecule is CC(=O)OC1=C(Cl)C(=O)c2cccc(O)c2C1=O. The average Bonchev–Trinajstić information content (AvgIpc) is 2.31. The Morgan fingerprint density at radius 1 is 1.28 bits per heavy atom. The van der Waals surface area contributed by atoms with Gasteiger partial charge >= 0.3 is 5.97 Å². The van der Waals surface area contributed by atoms with Crippen molar-refractivity contribution in [2.24, 2.45) is 0 Å². The molecular formula is C12H7ClO5. The van der Waals surface area contributed by atoms with Gasteiger partial charge in [-0.25, -0.2) is 0 Å². The fraction of sp³-hybridized carbons (Fsp3) is 0.0833. The van der Waals surface area contributed by atoms with E-state index in [4.69, 9.17) is 11.6 Å². The van der Waals surface area contributed by atoms with Crippen molar-refractivity contribution < 1.29 is 24.2 Å². The van der Waals surface area contributed by atoms with Crippen LogP contribution in [0, 0.1) is 0 Å². The molecule has 0 saturated heterocycles. The van der Waals surface area contributed by atoms with Crippen molar-refractivity contribution in [3.05, 3.63) is 40.1 Å². The molecule has 0 bridgehead atoms. The maximum atomic E-state index is 12.0. The zero-order valence-electron chi connectivity index (χ0n) is 9.19. The van der Waals surface area contributed by atoms with Crippen molar-refractivity contribution in [3.63, 3.8) is 0 Å². The van der Waals surface area contributed by atoms with Crippen molar-refractivity contribution in [2.45, 2.75) is 6.92 Å². The highest BCUT2D eigenvalue weighted by atomic mass is 35.5. The first-order valence-corrected chi connectivity index (χ1v) is 5.31. The Balaban J connectivity index is 2.64. The number of aromatic hydroxyl groups is 1. The van der Waals surface area contributed by atoms with E-state index in [0.717, 1.165) is 6.92 Å². The van der Waals surface area contributed by atoms with Gasteiger partial charge in [0.2, 0.25) is 17.3 Å². The Labute approximate surface area is 107 Å². The number of hydrogen-bond donors (Lipinski definition) is 1. The zero-order chi connectivity index (χ0) is 13.4. The van der Waals surface area contributed by atoms with Gasteiger partial charge < -0.3 is 9.84 Å². The highest BCUT2D eigenvalue weighted by molar-refractivity contribution is 6.50. The van der Waals surface area contributed by atoms with Crippen LogP contribution in [0.15, 0.2) is 29.0 Å². The number of allylic oxidation sites excluding steroid dienone is 2. The number of ketones is 2. The first-order chi connectivity index (χ1) is 8.43. The predicted molar refractivity (Wildman–Crippen MR) is 61.4 cm³/mol. The molecule has 18 heavy (non-hydrogen) atoms. The van der Waals surface area contributed by atoms with Gasteiger partial charge in [-0.2, -0.15) is 0 Å². The van der Waals surface area contributed by atoms with Gasteiger partial charge in [0.25, 0.3) is 0 Å². The number of phenolic OH excluding ortho intramolecular Hbond substituents is 1. The maximum Gasteiger partial charge on any atom is 0.308 e. The van der Waals surface area contributed by atoms with Gasteiger partial charge in [0.15, 0.2) is 0 Å². The molecule has 0 atom stereocenters. The first-order valence-electron chi connectivity index (χ1n) is 4.93. The summed E-state index contributed by atoms with van der Waals surface area (Å²) in [5, 5.41) is 9.14. The molecule has 0 unspecified atom stereocenters. The summed E-state index contributed by atoms with van der Waals surface area (Å²) in [5.41, 5.74) is -0.218. The van der Waals surface area contributed by atoms with E-state index in [-0.39, 0.29) is 16.9 Å². The zero-order valence-corrected chi connectivity index (χ0v) is 9.95. The molecule has 0 radical (unpaired) electrons. The van der Waals surface area contributed by atoms with Crippen LogP contribution >= 0.6 is 11.6 Å². The minimum absolute atomic E-state index is 0.0131. The van der Waals surface area contributed by atoms with Gasteiger partial charge in [-0.3, -0.25) is 14.4 Å². The van der Waals surface area contributed by atoms with Gasteiger partial charge in [-0.1, -0.05) is 17.7 Å². The third-order valence-corrected chi connectivity index (χ3v) is 2.71. The Morgan fingerprint density at radius 3 is 2.56 bits per heavy atom. The Kier molecular flexibility index (Phi) is 2.92. The summed E-state index contributed by atoms with van der Waals surface area (Å²) < 4.78 is 4.63. The molecule has 5 nitrogen and oxygen atoms in total. The largest absolute Gasteiger partial charge is 0.507 e. The van der Waals surface area contributed by atoms with E-state index in [0.29, 0.717) is 0 Å². The third kappa shape index (κ3) is 1.78. The number of phenols is 1. The molecule has 0 heterocycles. The summed E-state index contributed by atoms with van der Waals surface area (Å²) in [6, 6.07) is 4.04. The van der Waals surface area contributed by atoms with Crippen molar-refractivity contribution in [2.75, 3.05) is 0 Å². The second-order valence-corrected chi connectivity index (χ2v) is 3.97. The molecular weight excluding hydrogens is 260 g/mol. The van der Waals surface area contributed by atoms with Crippen LogP contribution in [0.1, 0.15) is 27.6 Å². The topological polar surface area (TPSA) is 80.7 Å². The smallest absolute Gasteiger partial charge is 0.308 e. The lowest BCUT2D eigenvalue weighted by atomic mass is 9.92. The van der Waals surface area contributed by atoms with Gasteiger partial charge in [0, 0.05) is 12.5 Å². The summed E-state index contributed by atoms with van der Waals surface area (Å²) in [5.74, 6) is -3.15. The van der Waals surface area contributed by atoms with Crippen LogP contribution in [0.5, 0.6) is 5.75 Å². The number of Topliss-reactive ketones (excluding diaryl/α,β-unsaturated/α-hetero) is 2. The lowest BCUT2D eigenvalue weighted by Crippen LogP contribution is -2.22. The molecule has 0 aliphatic heterocycles. The van der Waals surface area contributed by atoms with E-state index in [1.54, 1.807) is 0 Å². The molecule has 0 aromatic heterocycles. The van der Waals surface area contributed by atoms with E-state index in [9.17, 15) is 19.5 Å². The summed E-state index contributed by atoms with van der Waals surface area (Å²) in [6.07, 6.45) is 0. The third-order valence-electron chi connectivity index (χ3n) is 2.36. The summed E-state index contributed by atoms with van der Waals surface area (Å²) in [6.45, 7) is 1.08. The van der Waals surface area contributed by atoms with Crippen LogP contribution in [0.3, 0.4) is 0 Å². The van der Waals surface area contributed by atoms with E-state index >= 15 is 0 Å². The van der Waals surface area contributed by atoms with Crippen LogP contribution in [0.25, 0.3) is 0 Å². The highest BCUT2D eigenvalue weighted by Crippen LogP contribution is 2.33. The average molecular weight is 267 g/mol. The molecule has 1 aromatic carbocycles. The van der Waals surface area contributed by atoms with E-state index in [2.05, 4.69) is 4.74 Å². The number of esters is 1. The van der Waals surface area contributed by atoms with Crippen LogP contribution < -0.4 is 0 Å². The second-order valence-electron chi connectivity index (χ2n) is 3.59. The number of rotatable bonds is 1. The van der Waals surface area contributed by atoms with Gasteiger partial charge in [-0.05, 0) is 12.1 Å². The summed E-state index contributed by atoms with van der Waals surface area (Å²) >= 11 is 5.70. The van der Waals surface area contributed by atoms with Gasteiger partial charge in [0.05, 0.1) is 5.56 Å². The molecule has 1 aliphatic rings. The van der Waals surface area contributed by atoms with E-state index < -0.39 is 28.3 Å². The number of benzene rings is 1. The predicted octanol–water partition coefficient (Wildman–Crippen LogP) is 1.78. The first kappa shape index (κ1) is 12.3. The van der Waals surface area contributed by atoms with Gasteiger partial charge in [-0.15, -0.1) is 0 Å². The fourth-order valence-corrected chi connectivity index (χ4v) is 1.86. The summed E-state index contributed by atoms with van der Waals surface area (Å²) in [7, 11) is 0. The van der Waals surface area contributed by atoms with E-state index in [1.165, 1.54) is 18.2 Å². The molecule has 0 amide bonds. The van der Waals surface area contributed by atoms with Crippen molar-refractivity contribution in [1.82, 2.24) is 0 Å². The van der Waals surface area contributed by atoms with Crippen LogP contribution in [0.2, 0.25) is 0 Å². The Hall–Kier alpha value is -2.14. The quantitative estimate of drug-likeness (QED) is 0.784. The molecule has 1 aromatic rings. The Bertz CT molecular complexity index is 615. The molecule has 1 N–H and O–H groups in total. The van der Waals surface area contributed by atoms with Crippen LogP contribution in [-0.4, -0.2) is 22.6 Å². The lowest BCUT2D eigenvalue weighted by Gasteiger charge is -2.17. The minimum Gasteiger partial charge on any atom is -0.507 e. The molecule has 6 heteroatoms. The fourth-order valence-electron chi connectivity index (χ4n) is 1.64. The van der Waals surface area contributed by atoms with E-state index in [1.807, 2.05) is 0 Å². The molecule has 92 valence electrons. The molecule has 0 saturated carbocycles. The number of carbonyl (C=O) groups excluding carboxylic acids is 3. The van der Waals surface area contributed by atoms with Crippen molar-refractivity contribution in [3.8, 4) is 5.75 Å². The normalized spacial score (nSPS) is 14.6. The van der Waals surface area contributed by atoms with Crippen molar-refractivity contribution >= 4 is 29.1 Å². The van der Waals surface area contributed by atoms with Gasteiger partial charge in [0.1, 0.15) is 10.8 Å². The monoisotopic (exact) mass is 266 g/mol. The molecule has 0 fully saturated rings.